The van der Waals surface area contributed by atoms with Gasteiger partial charge in [0.15, 0.2) is 0 Å². The summed E-state index contributed by atoms with van der Waals surface area (Å²) in [5.74, 6) is -1.20. The lowest BCUT2D eigenvalue weighted by Crippen LogP contribution is -2.45. The number of hydrogen-bond donors (Lipinski definition) is 2. The number of imide groups is 1. The first-order valence-corrected chi connectivity index (χ1v) is 10.8. The number of anilines is 2. The van der Waals surface area contributed by atoms with E-state index in [2.05, 4.69) is 43.4 Å². The zero-order chi connectivity index (χ0) is 23.9. The highest BCUT2D eigenvalue weighted by atomic mass is 19.1. The summed E-state index contributed by atoms with van der Waals surface area (Å²) in [6.07, 6.45) is 2.63. The minimum Gasteiger partial charge on any atom is -0.369 e. The van der Waals surface area contributed by atoms with Crippen LogP contribution < -0.4 is 15.5 Å². The zero-order valence-electron chi connectivity index (χ0n) is 19.1. The molecule has 1 saturated heterocycles. The van der Waals surface area contributed by atoms with Gasteiger partial charge in [-0.25, -0.2) is 14.1 Å². The molecule has 0 aromatic heterocycles. The Morgan fingerprint density at radius 2 is 1.91 bits per heavy atom. The maximum atomic E-state index is 13.0. The first-order chi connectivity index (χ1) is 15.5. The number of urea groups is 1. The predicted octanol–water partition coefficient (Wildman–Crippen LogP) is 4.08. The van der Waals surface area contributed by atoms with E-state index in [1.165, 1.54) is 29.8 Å². The highest BCUT2D eigenvalue weighted by Gasteiger charge is 2.36. The van der Waals surface area contributed by atoms with Crippen molar-refractivity contribution in [1.82, 2.24) is 10.2 Å². The highest BCUT2D eigenvalue weighted by molar-refractivity contribution is 6.16. The maximum Gasteiger partial charge on any atom is 0.329 e. The van der Waals surface area contributed by atoms with Gasteiger partial charge in [0.1, 0.15) is 18.1 Å². The molecule has 2 N–H and O–H groups in total. The third-order valence-electron chi connectivity index (χ3n) is 6.36. The molecular formula is C25H27FN4O3. The topological polar surface area (TPSA) is 81.8 Å². The van der Waals surface area contributed by atoms with Crippen LogP contribution in [-0.2, 0) is 9.59 Å². The summed E-state index contributed by atoms with van der Waals surface area (Å²) in [5, 5.41) is 5.10. The molecule has 2 heterocycles. The van der Waals surface area contributed by atoms with Crippen LogP contribution in [0.1, 0.15) is 44.2 Å². The van der Waals surface area contributed by atoms with Gasteiger partial charge in [-0.3, -0.25) is 9.59 Å². The van der Waals surface area contributed by atoms with Crippen molar-refractivity contribution in [2.75, 3.05) is 23.8 Å². The number of benzene rings is 2. The van der Waals surface area contributed by atoms with Gasteiger partial charge in [0.05, 0.1) is 0 Å². The average Bonchev–Trinajstić information content (AvgIpc) is 3.01. The Morgan fingerprint density at radius 1 is 1.21 bits per heavy atom. The van der Waals surface area contributed by atoms with Crippen molar-refractivity contribution in [2.45, 2.75) is 38.6 Å². The summed E-state index contributed by atoms with van der Waals surface area (Å²) in [5.41, 5.74) is 3.69. The Bertz CT molecular complexity index is 1160. The Hall–Kier alpha value is -3.68. The molecule has 2 aliphatic heterocycles. The second-order valence-electron chi connectivity index (χ2n) is 9.23. The van der Waals surface area contributed by atoms with E-state index >= 15 is 0 Å². The number of amides is 4. The van der Waals surface area contributed by atoms with Gasteiger partial charge in [0.25, 0.3) is 5.91 Å². The van der Waals surface area contributed by atoms with E-state index < -0.39 is 30.2 Å². The molecule has 2 aromatic rings. The highest BCUT2D eigenvalue weighted by Crippen LogP contribution is 2.42. The van der Waals surface area contributed by atoms with Gasteiger partial charge in [-0.15, -0.1) is 0 Å². The standard InChI is InChI=1S/C25H27FN4O3/c1-15-13-25(2,3)29(4)21-10-5-16(11-19(15)21)12-20-23(32)30(24(33)28-20)14-22(31)27-18-8-6-17(26)7-9-18/h5-12,15H,13-14H2,1-4H3,(H,27,31)(H,28,33)/b20-12+. The summed E-state index contributed by atoms with van der Waals surface area (Å²) in [6, 6.07) is 10.6. The zero-order valence-corrected chi connectivity index (χ0v) is 19.1. The van der Waals surface area contributed by atoms with Gasteiger partial charge in [-0.2, -0.15) is 0 Å². The molecule has 4 amide bonds. The van der Waals surface area contributed by atoms with Crippen LogP contribution in [0.2, 0.25) is 0 Å². The van der Waals surface area contributed by atoms with Gasteiger partial charge in [-0.1, -0.05) is 13.0 Å². The minimum absolute atomic E-state index is 0.0524. The molecule has 8 heteroatoms. The molecular weight excluding hydrogens is 423 g/mol. The molecule has 4 rings (SSSR count). The van der Waals surface area contributed by atoms with Crippen LogP contribution >= 0.6 is 0 Å². The minimum atomic E-state index is -0.659. The lowest BCUT2D eigenvalue weighted by Gasteiger charge is -2.45. The van der Waals surface area contributed by atoms with Crippen LogP contribution in [-0.4, -0.2) is 41.9 Å². The molecule has 33 heavy (non-hydrogen) atoms. The molecule has 2 aromatic carbocycles. The second kappa shape index (κ2) is 8.35. The normalized spacial score (nSPS) is 20.6. The van der Waals surface area contributed by atoms with Crippen molar-refractivity contribution in [1.29, 1.82) is 0 Å². The second-order valence-corrected chi connectivity index (χ2v) is 9.23. The summed E-state index contributed by atoms with van der Waals surface area (Å²) in [7, 11) is 2.08. The molecule has 0 spiro atoms. The molecule has 1 atom stereocenters. The van der Waals surface area contributed by atoms with Crippen molar-refractivity contribution < 1.29 is 18.8 Å². The largest absolute Gasteiger partial charge is 0.369 e. The van der Waals surface area contributed by atoms with E-state index in [1.807, 2.05) is 18.2 Å². The number of carbonyl (C=O) groups is 3. The van der Waals surface area contributed by atoms with E-state index in [1.54, 1.807) is 6.08 Å². The predicted molar refractivity (Wildman–Crippen MR) is 125 cm³/mol. The number of halogens is 1. The molecule has 1 unspecified atom stereocenters. The maximum absolute atomic E-state index is 13.0. The summed E-state index contributed by atoms with van der Waals surface area (Å²) in [6.45, 7) is 6.18. The van der Waals surface area contributed by atoms with Crippen LogP contribution in [0.3, 0.4) is 0 Å². The van der Waals surface area contributed by atoms with Crippen molar-refractivity contribution in [2.24, 2.45) is 0 Å². The van der Waals surface area contributed by atoms with Crippen LogP contribution in [0.5, 0.6) is 0 Å². The fraction of sp³-hybridized carbons (Fsp3) is 0.320. The van der Waals surface area contributed by atoms with Crippen LogP contribution in [0.15, 0.2) is 48.2 Å². The Morgan fingerprint density at radius 3 is 2.61 bits per heavy atom. The molecule has 172 valence electrons. The summed E-state index contributed by atoms with van der Waals surface area (Å²) in [4.78, 5) is 40.5. The van der Waals surface area contributed by atoms with Gasteiger partial charge >= 0.3 is 6.03 Å². The van der Waals surface area contributed by atoms with E-state index in [9.17, 15) is 18.8 Å². The molecule has 0 aliphatic carbocycles. The van der Waals surface area contributed by atoms with Crippen molar-refractivity contribution >= 4 is 35.3 Å². The number of rotatable bonds is 4. The number of fused-ring (bicyclic) bond motifs is 1. The van der Waals surface area contributed by atoms with E-state index in [4.69, 9.17) is 0 Å². The first kappa shape index (κ1) is 22.5. The smallest absolute Gasteiger partial charge is 0.329 e. The van der Waals surface area contributed by atoms with Crippen LogP contribution in [0.25, 0.3) is 6.08 Å². The van der Waals surface area contributed by atoms with Crippen molar-refractivity contribution in [3.05, 3.63) is 65.1 Å². The fourth-order valence-electron chi connectivity index (χ4n) is 4.44. The summed E-state index contributed by atoms with van der Waals surface area (Å²) < 4.78 is 13.0. The lowest BCUT2D eigenvalue weighted by atomic mass is 9.80. The Labute approximate surface area is 192 Å². The lowest BCUT2D eigenvalue weighted by molar-refractivity contribution is -0.127. The molecule has 1 fully saturated rings. The van der Waals surface area contributed by atoms with Gasteiger partial charge < -0.3 is 15.5 Å². The molecule has 0 saturated carbocycles. The average molecular weight is 451 g/mol. The number of carbonyl (C=O) groups excluding carboxylic acids is 3. The van der Waals surface area contributed by atoms with Gasteiger partial charge in [0, 0.05) is 24.0 Å². The van der Waals surface area contributed by atoms with Crippen LogP contribution in [0.4, 0.5) is 20.6 Å². The van der Waals surface area contributed by atoms with Crippen LogP contribution in [0, 0.1) is 5.82 Å². The molecule has 0 radical (unpaired) electrons. The SMILES string of the molecule is CC1CC(C)(C)N(C)c2ccc(/C=C3/NC(=O)N(CC(=O)Nc4ccc(F)cc4)C3=O)cc21. The number of nitrogens with zero attached hydrogens (tertiary/aromatic N) is 2. The fourth-order valence-corrected chi connectivity index (χ4v) is 4.44. The Balaban J connectivity index is 1.49. The van der Waals surface area contributed by atoms with Gasteiger partial charge in [-0.05, 0) is 79.8 Å². The van der Waals surface area contributed by atoms with E-state index in [-0.39, 0.29) is 11.2 Å². The third-order valence-corrected chi connectivity index (χ3v) is 6.36. The third kappa shape index (κ3) is 4.46. The van der Waals surface area contributed by atoms with Gasteiger partial charge in [0.2, 0.25) is 5.91 Å². The van der Waals surface area contributed by atoms with Crippen molar-refractivity contribution in [3.63, 3.8) is 0 Å². The molecule has 2 aliphatic rings. The number of nitrogens with one attached hydrogen (secondary N) is 2. The van der Waals surface area contributed by atoms with E-state index in [0.717, 1.165) is 22.6 Å². The molecule has 0 bridgehead atoms. The quantitative estimate of drug-likeness (QED) is 0.543. The number of hydrogen-bond acceptors (Lipinski definition) is 4. The van der Waals surface area contributed by atoms with Crippen molar-refractivity contribution in [3.8, 4) is 0 Å². The summed E-state index contributed by atoms with van der Waals surface area (Å²) >= 11 is 0. The first-order valence-electron chi connectivity index (χ1n) is 10.8. The monoisotopic (exact) mass is 450 g/mol. The Kier molecular flexibility index (Phi) is 5.69. The molecule has 7 nitrogen and oxygen atoms in total. The van der Waals surface area contributed by atoms with E-state index in [0.29, 0.717) is 11.6 Å².